The summed E-state index contributed by atoms with van der Waals surface area (Å²) in [6.07, 6.45) is 0.927. The second-order valence-corrected chi connectivity index (χ2v) is 10.1. The molecule has 4 heterocycles. The number of aliphatic hydroxyl groups excluding tert-OH is 1. The highest BCUT2D eigenvalue weighted by Crippen LogP contribution is 2.65. The summed E-state index contributed by atoms with van der Waals surface area (Å²) < 4.78 is 8.18. The van der Waals surface area contributed by atoms with E-state index in [1.165, 1.54) is 4.90 Å². The number of carbonyl (C=O) groups excluding carboxylic acids is 3. The molecule has 0 aliphatic carbocycles. The highest BCUT2D eigenvalue weighted by Gasteiger charge is 2.80. The van der Waals surface area contributed by atoms with Gasteiger partial charge in [-0.3, -0.25) is 14.4 Å². The van der Waals surface area contributed by atoms with Crippen molar-refractivity contribution >= 4 is 28.8 Å². The lowest BCUT2D eigenvalue weighted by Gasteiger charge is -2.36. The first-order valence-corrected chi connectivity index (χ1v) is 12.1. The lowest BCUT2D eigenvalue weighted by molar-refractivity contribution is -0.151. The average molecular weight is 485 g/mol. The van der Waals surface area contributed by atoms with Gasteiger partial charge in [-0.2, -0.15) is 0 Å². The molecule has 3 N–H and O–H groups in total. The standard InChI is InChI=1S/C24H32N6O5/c1-5-14(11-31)30-19(21(33)26-12-29-16-9-7-6-8-15(16)27-28-29)24-10-13(2)23(3,35-24)17(20(32)25-4)18(24)22(30)34/h6-9,13-14,17-19,31H,5,10-12H2,1-4H3,(H,25,32)(H,26,33)/t13?,14-,17-,18-,19?,23+,24?/m0/s1. The summed E-state index contributed by atoms with van der Waals surface area (Å²) in [5, 5.41) is 23.9. The van der Waals surface area contributed by atoms with E-state index in [-0.39, 0.29) is 31.0 Å². The van der Waals surface area contributed by atoms with Gasteiger partial charge in [-0.05, 0) is 37.8 Å². The van der Waals surface area contributed by atoms with Gasteiger partial charge in [0.25, 0.3) is 0 Å². The molecule has 3 amide bonds. The van der Waals surface area contributed by atoms with E-state index in [1.54, 1.807) is 11.7 Å². The number of aromatic nitrogens is 3. The molecule has 3 saturated heterocycles. The Labute approximate surface area is 203 Å². The van der Waals surface area contributed by atoms with Crippen molar-refractivity contribution in [1.82, 2.24) is 30.5 Å². The Morgan fingerprint density at radius 1 is 1.31 bits per heavy atom. The monoisotopic (exact) mass is 484 g/mol. The maximum Gasteiger partial charge on any atom is 0.247 e. The molecule has 3 unspecified atom stereocenters. The van der Waals surface area contributed by atoms with Crippen molar-refractivity contribution in [3.63, 3.8) is 0 Å². The van der Waals surface area contributed by atoms with Gasteiger partial charge in [-0.15, -0.1) is 5.10 Å². The molecule has 2 bridgehead atoms. The summed E-state index contributed by atoms with van der Waals surface area (Å²) in [5.41, 5.74) is -0.547. The van der Waals surface area contributed by atoms with E-state index in [4.69, 9.17) is 4.74 Å². The Balaban J connectivity index is 1.52. The number of nitrogens with one attached hydrogen (secondary N) is 2. The number of hydrogen-bond donors (Lipinski definition) is 3. The number of para-hydroxylation sites is 1. The van der Waals surface area contributed by atoms with Crippen LogP contribution in [0.4, 0.5) is 0 Å². The molecule has 1 aromatic heterocycles. The smallest absolute Gasteiger partial charge is 0.247 e. The fourth-order valence-electron chi connectivity index (χ4n) is 6.62. The number of likely N-dealkylation sites (tertiary alicyclic amines) is 1. The first-order chi connectivity index (χ1) is 16.7. The molecule has 11 nitrogen and oxygen atoms in total. The van der Waals surface area contributed by atoms with Crippen molar-refractivity contribution in [2.75, 3.05) is 13.7 Å². The molecule has 3 aliphatic rings. The molecular formula is C24H32N6O5. The first-order valence-electron chi connectivity index (χ1n) is 12.1. The SMILES string of the molecule is CC[C@@H](CO)N1C(=O)[C@@H]2[C@@H](C(=O)NC)[C@]3(C)OC2(CC3C)C1C(=O)NCn1nnc2ccccc21. The predicted octanol–water partition coefficient (Wildman–Crippen LogP) is 0.0326. The molecule has 2 aromatic rings. The molecule has 1 spiro atoms. The van der Waals surface area contributed by atoms with Crippen molar-refractivity contribution in [2.24, 2.45) is 17.8 Å². The van der Waals surface area contributed by atoms with Crippen molar-refractivity contribution in [2.45, 2.75) is 63.6 Å². The van der Waals surface area contributed by atoms with E-state index in [2.05, 4.69) is 20.9 Å². The Morgan fingerprint density at radius 2 is 2.06 bits per heavy atom. The highest BCUT2D eigenvalue weighted by molar-refractivity contribution is 5.99. The van der Waals surface area contributed by atoms with Crippen LogP contribution in [-0.2, 0) is 25.8 Å². The van der Waals surface area contributed by atoms with Gasteiger partial charge >= 0.3 is 0 Å². The second-order valence-electron chi connectivity index (χ2n) is 10.1. The quantitative estimate of drug-likeness (QED) is 0.504. The summed E-state index contributed by atoms with van der Waals surface area (Å²) in [5.74, 6) is -2.56. The molecule has 5 rings (SSSR count). The van der Waals surface area contributed by atoms with Crippen LogP contribution in [0.25, 0.3) is 11.0 Å². The molecule has 1 aromatic carbocycles. The summed E-state index contributed by atoms with van der Waals surface area (Å²) in [4.78, 5) is 42.2. The molecule has 3 aliphatic heterocycles. The van der Waals surface area contributed by atoms with Crippen LogP contribution in [0.2, 0.25) is 0 Å². The van der Waals surface area contributed by atoms with Gasteiger partial charge in [0.15, 0.2) is 0 Å². The number of hydrogen-bond acceptors (Lipinski definition) is 7. The number of ether oxygens (including phenoxy) is 1. The average Bonchev–Trinajstić information content (AvgIpc) is 3.52. The number of benzene rings is 1. The van der Waals surface area contributed by atoms with Crippen molar-refractivity contribution in [3.05, 3.63) is 24.3 Å². The Bertz CT molecular complexity index is 1180. The zero-order valence-electron chi connectivity index (χ0n) is 20.4. The van der Waals surface area contributed by atoms with Gasteiger partial charge < -0.3 is 25.4 Å². The van der Waals surface area contributed by atoms with Gasteiger partial charge in [-0.1, -0.05) is 31.2 Å². The van der Waals surface area contributed by atoms with E-state index in [0.717, 1.165) is 5.52 Å². The minimum Gasteiger partial charge on any atom is -0.394 e. The zero-order chi connectivity index (χ0) is 25.1. The molecule has 3 fully saturated rings. The van der Waals surface area contributed by atoms with Gasteiger partial charge in [0.2, 0.25) is 17.7 Å². The Morgan fingerprint density at radius 3 is 2.74 bits per heavy atom. The third-order valence-corrected chi connectivity index (χ3v) is 8.43. The van der Waals surface area contributed by atoms with Crippen LogP contribution in [0.5, 0.6) is 0 Å². The summed E-state index contributed by atoms with van der Waals surface area (Å²) in [6.45, 7) is 5.48. The number of fused-ring (bicyclic) bond motifs is 2. The molecule has 0 radical (unpaired) electrons. The summed E-state index contributed by atoms with van der Waals surface area (Å²) in [7, 11) is 1.54. The minimum atomic E-state index is -1.15. The minimum absolute atomic E-state index is 0.0439. The summed E-state index contributed by atoms with van der Waals surface area (Å²) in [6, 6.07) is 5.87. The van der Waals surface area contributed by atoms with E-state index in [1.807, 2.05) is 45.0 Å². The largest absolute Gasteiger partial charge is 0.394 e. The first kappa shape index (κ1) is 23.7. The Kier molecular flexibility index (Phi) is 5.59. The zero-order valence-corrected chi connectivity index (χ0v) is 20.4. The second kappa shape index (κ2) is 8.27. The van der Waals surface area contributed by atoms with E-state index < -0.39 is 41.0 Å². The van der Waals surface area contributed by atoms with Crippen molar-refractivity contribution in [3.8, 4) is 0 Å². The maximum atomic E-state index is 13.9. The van der Waals surface area contributed by atoms with Gasteiger partial charge in [0.1, 0.15) is 23.8 Å². The van der Waals surface area contributed by atoms with Crippen LogP contribution in [0.1, 0.15) is 33.6 Å². The van der Waals surface area contributed by atoms with Crippen molar-refractivity contribution in [1.29, 1.82) is 0 Å². The van der Waals surface area contributed by atoms with Crippen LogP contribution >= 0.6 is 0 Å². The molecule has 11 heteroatoms. The van der Waals surface area contributed by atoms with E-state index in [9.17, 15) is 19.5 Å². The molecular weight excluding hydrogens is 452 g/mol. The van der Waals surface area contributed by atoms with Crippen LogP contribution in [0.15, 0.2) is 24.3 Å². The molecule has 35 heavy (non-hydrogen) atoms. The lowest BCUT2D eigenvalue weighted by Crippen LogP contribution is -2.58. The third-order valence-electron chi connectivity index (χ3n) is 8.43. The third kappa shape index (κ3) is 3.14. The fourth-order valence-corrected chi connectivity index (χ4v) is 6.62. The molecule has 0 saturated carbocycles. The van der Waals surface area contributed by atoms with Gasteiger partial charge in [0.05, 0.1) is 35.6 Å². The summed E-state index contributed by atoms with van der Waals surface area (Å²) >= 11 is 0. The molecule has 7 atom stereocenters. The molecule has 188 valence electrons. The van der Waals surface area contributed by atoms with Crippen LogP contribution in [0, 0.1) is 17.8 Å². The Hall–Kier alpha value is -3.05. The van der Waals surface area contributed by atoms with Gasteiger partial charge in [0, 0.05) is 7.05 Å². The van der Waals surface area contributed by atoms with Crippen LogP contribution in [-0.4, -0.2) is 79.7 Å². The number of rotatable bonds is 7. The van der Waals surface area contributed by atoms with E-state index in [0.29, 0.717) is 18.4 Å². The highest BCUT2D eigenvalue weighted by atomic mass is 16.5. The van der Waals surface area contributed by atoms with Gasteiger partial charge in [-0.25, -0.2) is 4.68 Å². The van der Waals surface area contributed by atoms with Crippen LogP contribution in [0.3, 0.4) is 0 Å². The van der Waals surface area contributed by atoms with Crippen molar-refractivity contribution < 1.29 is 24.2 Å². The topological polar surface area (TPSA) is 139 Å². The predicted molar refractivity (Wildman–Crippen MR) is 125 cm³/mol. The number of aliphatic hydroxyl groups is 1. The number of nitrogens with zero attached hydrogens (tertiary/aromatic N) is 4. The number of amides is 3. The fraction of sp³-hybridized carbons (Fsp3) is 0.625. The van der Waals surface area contributed by atoms with Crippen LogP contribution < -0.4 is 10.6 Å². The maximum absolute atomic E-state index is 13.9. The number of carbonyl (C=O) groups is 3. The lowest BCUT2D eigenvalue weighted by atomic mass is 9.62. The van der Waals surface area contributed by atoms with E-state index >= 15 is 0 Å². The normalized spacial score (nSPS) is 34.3.